The number of aromatic nitrogens is 6. The summed E-state index contributed by atoms with van der Waals surface area (Å²) in [5, 5.41) is 8.54. The average molecular weight is 480 g/mol. The van der Waals surface area contributed by atoms with Gasteiger partial charge in [-0.15, -0.1) is 5.10 Å². The molecule has 4 aromatic rings. The fourth-order valence-electron chi connectivity index (χ4n) is 4.06. The zero-order chi connectivity index (χ0) is 21.4. The molecule has 0 bridgehead atoms. The van der Waals surface area contributed by atoms with Gasteiger partial charge in [-0.2, -0.15) is 0 Å². The van der Waals surface area contributed by atoms with Crippen LogP contribution in [0.15, 0.2) is 53.7 Å². The van der Waals surface area contributed by atoms with E-state index in [-0.39, 0.29) is 0 Å². The lowest BCUT2D eigenvalue weighted by molar-refractivity contribution is 0.127. The van der Waals surface area contributed by atoms with Crippen molar-refractivity contribution in [3.8, 4) is 11.3 Å². The molecule has 8 heteroatoms. The van der Waals surface area contributed by atoms with Crippen molar-refractivity contribution in [3.05, 3.63) is 64.9 Å². The second kappa shape index (κ2) is 8.16. The summed E-state index contributed by atoms with van der Waals surface area (Å²) in [5.41, 5.74) is 5.44. The predicted molar refractivity (Wildman–Crippen MR) is 124 cm³/mol. The minimum Gasteiger partial charge on any atom is -0.306 e. The fraction of sp³-hybridized carbons (Fsp3) is 0.391. The summed E-state index contributed by atoms with van der Waals surface area (Å²) in [4.78, 5) is 11.5. The Morgan fingerprint density at radius 2 is 1.87 bits per heavy atom. The van der Waals surface area contributed by atoms with E-state index < -0.39 is 0 Å². The highest BCUT2D eigenvalue weighted by Crippen LogP contribution is 2.30. The standard InChI is InChI=1S/C23H26BrN7/c1-23(2)5-7-29(8-6-23)12-17-3-4-22-26-20(14-30(22)13-17)15-31-16-21(27-28-31)18-9-19(24)11-25-10-18/h3-4,9-11,13-14,16H,5-8,12,15H2,1-2H3. The molecule has 0 spiro atoms. The van der Waals surface area contributed by atoms with Crippen LogP contribution in [0, 0.1) is 5.41 Å². The third kappa shape index (κ3) is 4.70. The summed E-state index contributed by atoms with van der Waals surface area (Å²) >= 11 is 3.45. The van der Waals surface area contributed by atoms with E-state index in [0.29, 0.717) is 12.0 Å². The molecule has 0 radical (unpaired) electrons. The zero-order valence-corrected chi connectivity index (χ0v) is 19.5. The van der Waals surface area contributed by atoms with E-state index in [9.17, 15) is 0 Å². The van der Waals surface area contributed by atoms with E-state index in [4.69, 9.17) is 4.98 Å². The minimum absolute atomic E-state index is 0.481. The Kier molecular flexibility index (Phi) is 5.35. The van der Waals surface area contributed by atoms with Crippen LogP contribution in [0.25, 0.3) is 16.9 Å². The summed E-state index contributed by atoms with van der Waals surface area (Å²) in [6.07, 6.45) is 12.3. The Hall–Kier alpha value is -2.58. The lowest BCUT2D eigenvalue weighted by Gasteiger charge is -2.36. The first-order chi connectivity index (χ1) is 14.9. The first-order valence-corrected chi connectivity index (χ1v) is 11.4. The SMILES string of the molecule is CC1(C)CCN(Cc2ccc3nc(Cn4cc(-c5cncc(Br)c5)nn4)cn3c2)CC1. The van der Waals surface area contributed by atoms with Gasteiger partial charge in [0.1, 0.15) is 11.3 Å². The Labute approximate surface area is 190 Å². The number of nitrogens with zero attached hydrogens (tertiary/aromatic N) is 7. The molecule has 0 amide bonds. The molecule has 4 aromatic heterocycles. The van der Waals surface area contributed by atoms with Gasteiger partial charge in [0.15, 0.2) is 0 Å². The van der Waals surface area contributed by atoms with E-state index >= 15 is 0 Å². The highest BCUT2D eigenvalue weighted by atomic mass is 79.9. The predicted octanol–water partition coefficient (Wildman–Crippen LogP) is 4.42. The van der Waals surface area contributed by atoms with Crippen molar-refractivity contribution in [2.24, 2.45) is 5.41 Å². The number of rotatable bonds is 5. The van der Waals surface area contributed by atoms with Gasteiger partial charge in [-0.1, -0.05) is 25.1 Å². The quantitative estimate of drug-likeness (QED) is 0.423. The van der Waals surface area contributed by atoms with E-state index in [2.05, 4.69) is 78.9 Å². The van der Waals surface area contributed by atoms with Crippen LogP contribution in [0.1, 0.15) is 37.9 Å². The molecule has 0 N–H and O–H groups in total. The molecule has 0 aromatic carbocycles. The van der Waals surface area contributed by atoms with Crippen LogP contribution in [-0.2, 0) is 13.1 Å². The van der Waals surface area contributed by atoms with Gasteiger partial charge in [-0.05, 0) is 65.0 Å². The minimum atomic E-state index is 0.481. The fourth-order valence-corrected chi connectivity index (χ4v) is 4.43. The van der Waals surface area contributed by atoms with Crippen molar-refractivity contribution in [3.63, 3.8) is 0 Å². The molecule has 0 atom stereocenters. The van der Waals surface area contributed by atoms with Crippen LogP contribution < -0.4 is 0 Å². The van der Waals surface area contributed by atoms with Crippen LogP contribution in [0.5, 0.6) is 0 Å². The van der Waals surface area contributed by atoms with Crippen molar-refractivity contribution < 1.29 is 0 Å². The van der Waals surface area contributed by atoms with Crippen LogP contribution in [-0.4, -0.2) is 47.4 Å². The molecule has 1 aliphatic heterocycles. The molecule has 31 heavy (non-hydrogen) atoms. The Morgan fingerprint density at radius 3 is 2.68 bits per heavy atom. The largest absolute Gasteiger partial charge is 0.306 e. The molecule has 5 rings (SSSR count). The van der Waals surface area contributed by atoms with Crippen LogP contribution in [0.4, 0.5) is 0 Å². The topological polar surface area (TPSA) is 64.1 Å². The molecule has 1 aliphatic rings. The molecule has 1 saturated heterocycles. The van der Waals surface area contributed by atoms with Crippen molar-refractivity contribution in [1.82, 2.24) is 34.3 Å². The first-order valence-electron chi connectivity index (χ1n) is 10.6. The number of halogens is 1. The number of pyridine rings is 2. The third-order valence-electron chi connectivity index (χ3n) is 6.04. The molecule has 5 heterocycles. The molecule has 0 saturated carbocycles. The average Bonchev–Trinajstić information content (AvgIpc) is 3.36. The molecular weight excluding hydrogens is 454 g/mol. The van der Waals surface area contributed by atoms with Crippen molar-refractivity contribution in [2.45, 2.75) is 39.8 Å². The first kappa shape index (κ1) is 20.3. The molecule has 160 valence electrons. The number of hydrogen-bond donors (Lipinski definition) is 0. The second-order valence-electron chi connectivity index (χ2n) is 9.17. The summed E-state index contributed by atoms with van der Waals surface area (Å²) in [6.45, 7) is 8.65. The van der Waals surface area contributed by atoms with E-state index in [0.717, 1.165) is 33.6 Å². The maximum Gasteiger partial charge on any atom is 0.137 e. The molecule has 1 fully saturated rings. The number of imidazole rings is 1. The number of hydrogen-bond acceptors (Lipinski definition) is 5. The van der Waals surface area contributed by atoms with Gasteiger partial charge < -0.3 is 4.40 Å². The summed E-state index contributed by atoms with van der Waals surface area (Å²) in [7, 11) is 0. The van der Waals surface area contributed by atoms with Gasteiger partial charge in [0.2, 0.25) is 0 Å². The van der Waals surface area contributed by atoms with Gasteiger partial charge in [0, 0.05) is 41.4 Å². The summed E-state index contributed by atoms with van der Waals surface area (Å²) in [6, 6.07) is 6.28. The molecule has 7 nitrogen and oxygen atoms in total. The van der Waals surface area contributed by atoms with Gasteiger partial charge in [0.05, 0.1) is 18.4 Å². The lowest BCUT2D eigenvalue weighted by atomic mass is 9.82. The number of likely N-dealkylation sites (tertiary alicyclic amines) is 1. The van der Waals surface area contributed by atoms with Crippen LogP contribution >= 0.6 is 15.9 Å². The van der Waals surface area contributed by atoms with Gasteiger partial charge in [-0.25, -0.2) is 9.67 Å². The van der Waals surface area contributed by atoms with Crippen molar-refractivity contribution in [1.29, 1.82) is 0 Å². The highest BCUT2D eigenvalue weighted by Gasteiger charge is 2.25. The van der Waals surface area contributed by atoms with Gasteiger partial charge >= 0.3 is 0 Å². The third-order valence-corrected chi connectivity index (χ3v) is 6.47. The van der Waals surface area contributed by atoms with Crippen molar-refractivity contribution in [2.75, 3.05) is 13.1 Å². The monoisotopic (exact) mass is 479 g/mol. The van der Waals surface area contributed by atoms with Crippen molar-refractivity contribution >= 4 is 21.6 Å². The van der Waals surface area contributed by atoms with E-state index in [1.165, 1.54) is 31.5 Å². The number of piperidine rings is 1. The Bertz CT molecular complexity index is 1200. The Balaban J connectivity index is 1.28. The maximum atomic E-state index is 4.75. The van der Waals surface area contributed by atoms with Gasteiger partial charge in [-0.3, -0.25) is 9.88 Å². The number of fused-ring (bicyclic) bond motifs is 1. The van der Waals surface area contributed by atoms with E-state index in [1.807, 2.05) is 16.9 Å². The normalized spacial score (nSPS) is 16.7. The molecule has 0 unspecified atom stereocenters. The molecule has 0 aliphatic carbocycles. The van der Waals surface area contributed by atoms with Crippen LogP contribution in [0.2, 0.25) is 0 Å². The van der Waals surface area contributed by atoms with Crippen LogP contribution in [0.3, 0.4) is 0 Å². The zero-order valence-electron chi connectivity index (χ0n) is 17.9. The lowest BCUT2D eigenvalue weighted by Crippen LogP contribution is -2.36. The highest BCUT2D eigenvalue weighted by molar-refractivity contribution is 9.10. The summed E-state index contributed by atoms with van der Waals surface area (Å²) in [5.74, 6) is 0. The Morgan fingerprint density at radius 1 is 1.03 bits per heavy atom. The van der Waals surface area contributed by atoms with E-state index in [1.54, 1.807) is 12.4 Å². The second-order valence-corrected chi connectivity index (χ2v) is 10.1. The van der Waals surface area contributed by atoms with Gasteiger partial charge in [0.25, 0.3) is 0 Å². The smallest absolute Gasteiger partial charge is 0.137 e. The summed E-state index contributed by atoms with van der Waals surface area (Å²) < 4.78 is 4.85. The molecular formula is C23H26BrN7. The maximum absolute atomic E-state index is 4.75.